The van der Waals surface area contributed by atoms with Crippen LogP contribution in [0.25, 0.3) is 245 Å². The van der Waals surface area contributed by atoms with E-state index in [1.54, 1.807) is 0 Å². The summed E-state index contributed by atoms with van der Waals surface area (Å²) in [5.74, 6) is 0. The second-order valence-electron chi connectivity index (χ2n) is 38.0. The summed E-state index contributed by atoms with van der Waals surface area (Å²) in [5, 5.41) is 37.7. The second kappa shape index (κ2) is 31.3. The summed E-state index contributed by atoms with van der Waals surface area (Å²) in [6.45, 7) is 14.1. The Labute approximate surface area is 773 Å². The zero-order chi connectivity index (χ0) is 88.9. The van der Waals surface area contributed by atoms with Crippen molar-refractivity contribution in [2.24, 2.45) is 0 Å². The van der Waals surface area contributed by atoms with Crippen molar-refractivity contribution in [2.75, 3.05) is 0 Å². The lowest BCUT2D eigenvalue weighted by atomic mass is 9.87. The van der Waals surface area contributed by atoms with Gasteiger partial charge in [0.05, 0.1) is 41.2 Å². The third-order valence-electron chi connectivity index (χ3n) is 28.4. The van der Waals surface area contributed by atoms with Crippen LogP contribution < -0.4 is 5.19 Å². The van der Waals surface area contributed by atoms with Gasteiger partial charge in [-0.3, -0.25) is 0 Å². The van der Waals surface area contributed by atoms with Crippen molar-refractivity contribution in [1.82, 2.24) is 13.7 Å². The van der Waals surface area contributed by atoms with Gasteiger partial charge in [0.15, 0.2) is 0 Å². The van der Waals surface area contributed by atoms with Crippen molar-refractivity contribution in [2.45, 2.75) is 45.8 Å². The molecule has 0 aliphatic rings. The topological polar surface area (TPSA) is 14.8 Å². The lowest BCUT2D eigenvalue weighted by molar-refractivity contribution is 0.590. The van der Waals surface area contributed by atoms with Gasteiger partial charge < -0.3 is 13.7 Å². The van der Waals surface area contributed by atoms with E-state index in [-0.39, 0.29) is 5.41 Å². The largest absolute Gasteiger partial charge is 0.309 e. The van der Waals surface area contributed by atoms with E-state index in [0.29, 0.717) is 0 Å². The van der Waals surface area contributed by atoms with E-state index >= 15 is 0 Å². The van der Waals surface area contributed by atoms with E-state index in [0.717, 1.165) is 5.69 Å². The molecule has 0 unspecified atom stereocenters. The van der Waals surface area contributed by atoms with Gasteiger partial charge in [-0.05, 0) is 221 Å². The van der Waals surface area contributed by atoms with Crippen molar-refractivity contribution in [3.63, 3.8) is 0 Å². The second-order valence-corrected chi connectivity index (χ2v) is 43.0. The van der Waals surface area contributed by atoms with Gasteiger partial charge in [0, 0.05) is 81.7 Å². The molecule has 628 valence electrons. The summed E-state index contributed by atoms with van der Waals surface area (Å²) in [6.07, 6.45) is 0. The maximum atomic E-state index is 2.50. The highest BCUT2D eigenvalue weighted by molar-refractivity contribution is 6.88. The number of fused-ring (bicyclic) bond motifs is 33. The van der Waals surface area contributed by atoms with E-state index in [2.05, 4.69) is 509 Å². The van der Waals surface area contributed by atoms with Crippen LogP contribution >= 0.6 is 0 Å². The monoisotopic (exact) mass is 1710 g/mol. The quantitative estimate of drug-likeness (QED) is 0.106. The minimum Gasteiger partial charge on any atom is -0.309 e. The zero-order valence-electron chi connectivity index (χ0n) is 75.1. The molecule has 27 aromatic rings. The Kier molecular flexibility index (Phi) is 18.6. The van der Waals surface area contributed by atoms with E-state index in [1.807, 2.05) is 0 Å². The first-order chi connectivity index (χ1) is 65.3. The fourth-order valence-electron chi connectivity index (χ4n) is 22.3. The summed E-state index contributed by atoms with van der Waals surface area (Å²) < 4.78 is 7.48. The molecule has 0 aliphatic heterocycles. The van der Waals surface area contributed by atoms with Gasteiger partial charge in [0.1, 0.15) is 0 Å². The first-order valence-corrected chi connectivity index (χ1v) is 50.1. The third kappa shape index (κ3) is 12.8. The van der Waals surface area contributed by atoms with Crippen LogP contribution in [0.15, 0.2) is 455 Å². The number of aromatic nitrogens is 3. The number of hydrogen-bond donors (Lipinski definition) is 0. The Morgan fingerprint density at radius 2 is 0.421 bits per heavy atom. The molecule has 24 aromatic carbocycles. The zero-order valence-corrected chi connectivity index (χ0v) is 76.1. The normalized spacial score (nSPS) is 12.1. The molecular formula is C129H93N3Si. The van der Waals surface area contributed by atoms with Crippen molar-refractivity contribution < 1.29 is 0 Å². The van der Waals surface area contributed by atoms with E-state index in [4.69, 9.17) is 0 Å². The predicted octanol–water partition coefficient (Wildman–Crippen LogP) is 35.5. The molecular weight excluding hydrogens is 1620 g/mol. The van der Waals surface area contributed by atoms with Crippen LogP contribution in [-0.4, -0.2) is 21.8 Å². The molecule has 0 radical (unpaired) electrons. The average Bonchev–Trinajstić information content (AvgIpc) is 1.57. The van der Waals surface area contributed by atoms with Gasteiger partial charge in [-0.1, -0.05) is 422 Å². The Morgan fingerprint density at radius 3 is 0.752 bits per heavy atom. The maximum Gasteiger partial charge on any atom is 0.0775 e. The van der Waals surface area contributed by atoms with E-state index in [9.17, 15) is 0 Å². The molecule has 0 atom stereocenters. The Hall–Kier alpha value is -16.2. The van der Waals surface area contributed by atoms with Gasteiger partial charge in [-0.15, -0.1) is 0 Å². The van der Waals surface area contributed by atoms with Gasteiger partial charge in [-0.25, -0.2) is 0 Å². The Morgan fingerprint density at radius 1 is 0.180 bits per heavy atom. The summed E-state index contributed by atoms with van der Waals surface area (Å²) in [6, 6.07) is 168. The smallest absolute Gasteiger partial charge is 0.0775 e. The highest BCUT2D eigenvalue weighted by Gasteiger charge is 2.28. The summed E-state index contributed by atoms with van der Waals surface area (Å²) in [4.78, 5) is 0. The van der Waals surface area contributed by atoms with Crippen molar-refractivity contribution in [1.29, 1.82) is 0 Å². The molecule has 0 amide bonds. The van der Waals surface area contributed by atoms with Crippen LogP contribution in [0, 0.1) is 0 Å². The minimum absolute atomic E-state index is 0.109. The molecule has 0 saturated carbocycles. The van der Waals surface area contributed by atoms with Crippen LogP contribution in [0.4, 0.5) is 0 Å². The van der Waals surface area contributed by atoms with E-state index in [1.165, 1.54) is 251 Å². The molecule has 3 nitrogen and oxygen atoms in total. The van der Waals surface area contributed by atoms with E-state index < -0.39 is 8.07 Å². The minimum atomic E-state index is -1.40. The van der Waals surface area contributed by atoms with Crippen molar-refractivity contribution in [3.05, 3.63) is 461 Å². The highest BCUT2D eigenvalue weighted by atomic mass is 28.3. The number of rotatable bonds is 8. The lowest BCUT2D eigenvalue weighted by Gasteiger charge is -2.20. The van der Waals surface area contributed by atoms with Crippen LogP contribution in [0.2, 0.25) is 19.6 Å². The van der Waals surface area contributed by atoms with Crippen molar-refractivity contribution >= 4 is 197 Å². The SMILES string of the molecule is CC(C)(C)c1ccc(-n2c3ccccc3c3c4c5ccccc5c(-c5ccccc5)cc4c4ccccc4c32)cc1.C[Si](C)(C)c1ccc(-n2c3ccccc3c3c4c5ccccc5c(-c5ccccc5)cc4c4ccccc4c32)cc1.c1ccc(-c2cc3c4ccccc4c4c(c5ccccc5n4-c4ccc(-c5cc6ccccc6c6ccccc56)cc4)c3c3ccccc23)cc1. The van der Waals surface area contributed by atoms with Gasteiger partial charge >= 0.3 is 0 Å². The third-order valence-corrected chi connectivity index (χ3v) is 30.4. The molecule has 0 fully saturated rings. The highest BCUT2D eigenvalue weighted by Crippen LogP contribution is 2.53. The Balaban J connectivity index is 0.000000108. The van der Waals surface area contributed by atoms with Crippen LogP contribution in [-0.2, 0) is 5.41 Å². The predicted molar refractivity (Wildman–Crippen MR) is 578 cm³/mol. The van der Waals surface area contributed by atoms with Crippen LogP contribution in [0.1, 0.15) is 26.3 Å². The Bertz CT molecular complexity index is 9090. The van der Waals surface area contributed by atoms with Gasteiger partial charge in [-0.2, -0.15) is 0 Å². The number of hydrogen-bond acceptors (Lipinski definition) is 0. The van der Waals surface area contributed by atoms with Gasteiger partial charge in [0.25, 0.3) is 0 Å². The van der Waals surface area contributed by atoms with Gasteiger partial charge in [0.2, 0.25) is 0 Å². The summed E-state index contributed by atoms with van der Waals surface area (Å²) >= 11 is 0. The molecule has 0 saturated heterocycles. The molecule has 0 aliphatic carbocycles. The van der Waals surface area contributed by atoms with Crippen molar-refractivity contribution in [3.8, 4) is 61.6 Å². The lowest BCUT2D eigenvalue weighted by Crippen LogP contribution is -2.37. The first-order valence-electron chi connectivity index (χ1n) is 46.6. The number of benzene rings is 24. The average molecular weight is 1710 g/mol. The molecule has 0 spiro atoms. The number of nitrogens with zero attached hydrogens (tertiary/aromatic N) is 3. The molecule has 3 aromatic heterocycles. The fraction of sp³-hybridized carbons (Fsp3) is 0.0543. The molecule has 0 N–H and O–H groups in total. The maximum absolute atomic E-state index is 2.50. The first kappa shape index (κ1) is 79.0. The van der Waals surface area contributed by atoms with Crippen LogP contribution in [0.5, 0.6) is 0 Å². The summed E-state index contributed by atoms with van der Waals surface area (Å²) in [7, 11) is -1.40. The molecule has 27 rings (SSSR count). The molecule has 4 heteroatoms. The van der Waals surface area contributed by atoms with Crippen LogP contribution in [0.3, 0.4) is 0 Å². The number of para-hydroxylation sites is 3. The molecule has 0 bridgehead atoms. The summed E-state index contributed by atoms with van der Waals surface area (Å²) in [5.41, 5.74) is 22.6. The standard InChI is InChI=1S/C50H31N.C40H31N.C39H31NSi/c1-2-14-32(15-3-1)45-31-46-40-21-9-11-23-42(40)50-49(48(46)41-22-10-8-20-39(41)45)43-24-12-13-25-47(43)51(50)35-28-26-33(27-29-35)44-30-34-16-4-5-17-36(34)37-18-6-7-19-38(37)44;1-40(2,3)27-21-23-28(24-22-27)41-36-20-12-11-19-33(36)38-37-31-17-9-7-15-29(31)34(26-13-5-4-6-14-26)25-35(37)30-16-8-10-18-32(30)39(38)41;1-41(2,3)28-23-21-27(22-24-28)40-36-20-12-11-19-33(36)38-37-31-17-9-7-15-29(31)34(26-13-5-4-6-14-26)25-35(37)30-16-8-10-18-32(30)39(38)40/h1-31H;2*4-25H,1-3H3. The molecule has 133 heavy (non-hydrogen) atoms. The molecule has 3 heterocycles. The fourth-order valence-corrected chi connectivity index (χ4v) is 23.4.